The molecule has 0 aliphatic rings. The normalized spacial score (nSPS) is 11.3. The lowest BCUT2D eigenvalue weighted by Gasteiger charge is -1.98. The summed E-state index contributed by atoms with van der Waals surface area (Å²) in [6, 6.07) is 17.1. The number of fused-ring (bicyclic) bond motifs is 2. The van der Waals surface area contributed by atoms with Gasteiger partial charge in [-0.1, -0.05) is 30.3 Å². The van der Waals surface area contributed by atoms with E-state index in [9.17, 15) is 4.79 Å². The lowest BCUT2D eigenvalue weighted by molar-refractivity contribution is 0.556. The molecular formula is C18H12O3. The van der Waals surface area contributed by atoms with Crippen molar-refractivity contribution >= 4 is 21.9 Å². The van der Waals surface area contributed by atoms with Crippen LogP contribution in [0.1, 0.15) is 5.56 Å². The quantitative estimate of drug-likeness (QED) is 0.480. The van der Waals surface area contributed by atoms with Crippen molar-refractivity contribution in [1.82, 2.24) is 0 Å². The number of hydrogen-bond donors (Lipinski definition) is 0. The van der Waals surface area contributed by atoms with Gasteiger partial charge in [-0.2, -0.15) is 0 Å². The van der Waals surface area contributed by atoms with E-state index in [0.717, 1.165) is 21.9 Å². The number of hydrogen-bond acceptors (Lipinski definition) is 3. The first kappa shape index (κ1) is 12.0. The van der Waals surface area contributed by atoms with E-state index in [4.69, 9.17) is 8.83 Å². The predicted molar refractivity (Wildman–Crippen MR) is 82.4 cm³/mol. The van der Waals surface area contributed by atoms with E-state index in [2.05, 4.69) is 0 Å². The Kier molecular flexibility index (Phi) is 2.48. The third kappa shape index (κ3) is 1.94. The highest BCUT2D eigenvalue weighted by Crippen LogP contribution is 2.28. The first-order valence-electron chi connectivity index (χ1n) is 6.74. The second-order valence-corrected chi connectivity index (χ2v) is 5.14. The summed E-state index contributed by atoms with van der Waals surface area (Å²) < 4.78 is 11.2. The summed E-state index contributed by atoms with van der Waals surface area (Å²) in [6.45, 7) is 2.01. The van der Waals surface area contributed by atoms with Gasteiger partial charge in [0.2, 0.25) is 0 Å². The van der Waals surface area contributed by atoms with E-state index in [1.807, 2.05) is 55.5 Å². The average molecular weight is 276 g/mol. The molecular weight excluding hydrogens is 264 g/mol. The van der Waals surface area contributed by atoms with Crippen molar-refractivity contribution in [3.63, 3.8) is 0 Å². The third-order valence-corrected chi connectivity index (χ3v) is 3.58. The number of aryl methyl sites for hydroxylation is 1. The van der Waals surface area contributed by atoms with Crippen LogP contribution in [-0.4, -0.2) is 0 Å². The number of furan rings is 1. The van der Waals surface area contributed by atoms with Crippen molar-refractivity contribution in [1.29, 1.82) is 0 Å². The van der Waals surface area contributed by atoms with Crippen molar-refractivity contribution in [3.05, 3.63) is 70.6 Å². The lowest BCUT2D eigenvalue weighted by Crippen LogP contribution is -2.01. The minimum atomic E-state index is -0.385. The maximum atomic E-state index is 12.2. The highest BCUT2D eigenvalue weighted by atomic mass is 16.4. The molecule has 0 saturated carbocycles. The molecule has 4 aromatic rings. The van der Waals surface area contributed by atoms with Crippen LogP contribution in [-0.2, 0) is 0 Å². The first-order chi connectivity index (χ1) is 10.2. The van der Waals surface area contributed by atoms with Crippen LogP contribution in [0.2, 0.25) is 0 Å². The zero-order valence-electron chi connectivity index (χ0n) is 11.4. The lowest BCUT2D eigenvalue weighted by atomic mass is 10.1. The molecule has 0 saturated heterocycles. The average Bonchev–Trinajstić information content (AvgIpc) is 2.89. The summed E-state index contributed by atoms with van der Waals surface area (Å²) in [5.74, 6) is 0.537. The van der Waals surface area contributed by atoms with Crippen LogP contribution in [0.25, 0.3) is 33.3 Å². The number of benzene rings is 2. The van der Waals surface area contributed by atoms with Gasteiger partial charge in [0.1, 0.15) is 22.5 Å². The summed E-state index contributed by atoms with van der Waals surface area (Å²) in [7, 11) is 0. The standard InChI is InChI=1S/C18H12O3/c1-11-6-7-13-10-17(20-16(13)8-11)14-9-12-4-2-3-5-15(12)21-18(14)19/h2-10H,1H3. The zero-order chi connectivity index (χ0) is 14.4. The van der Waals surface area contributed by atoms with Crippen molar-refractivity contribution in [3.8, 4) is 11.3 Å². The molecule has 0 spiro atoms. The van der Waals surface area contributed by atoms with Gasteiger partial charge < -0.3 is 8.83 Å². The molecule has 2 aromatic heterocycles. The molecule has 0 amide bonds. The summed E-state index contributed by atoms with van der Waals surface area (Å²) >= 11 is 0. The fourth-order valence-electron chi connectivity index (χ4n) is 2.50. The maximum absolute atomic E-state index is 12.2. The second kappa shape index (κ2) is 4.35. The monoisotopic (exact) mass is 276 g/mol. The van der Waals surface area contributed by atoms with Crippen molar-refractivity contribution in [2.45, 2.75) is 6.92 Å². The zero-order valence-corrected chi connectivity index (χ0v) is 11.4. The summed E-state index contributed by atoms with van der Waals surface area (Å²) in [5, 5.41) is 1.85. The van der Waals surface area contributed by atoms with Gasteiger partial charge in [0.25, 0.3) is 0 Å². The van der Waals surface area contributed by atoms with E-state index < -0.39 is 0 Å². The van der Waals surface area contributed by atoms with Gasteiger partial charge in [-0.05, 0) is 36.8 Å². The molecule has 0 N–H and O–H groups in total. The SMILES string of the molecule is Cc1ccc2cc(-c3cc4ccccc4oc3=O)oc2c1. The van der Waals surface area contributed by atoms with E-state index in [1.54, 1.807) is 6.07 Å². The molecule has 0 radical (unpaired) electrons. The highest BCUT2D eigenvalue weighted by molar-refractivity contribution is 5.86. The van der Waals surface area contributed by atoms with Gasteiger partial charge in [0, 0.05) is 10.8 Å². The Bertz CT molecular complexity index is 1020. The molecule has 0 unspecified atom stereocenters. The van der Waals surface area contributed by atoms with Crippen molar-refractivity contribution < 1.29 is 8.83 Å². The van der Waals surface area contributed by atoms with Gasteiger partial charge in [0.05, 0.1) is 0 Å². The molecule has 3 nitrogen and oxygen atoms in total. The van der Waals surface area contributed by atoms with Gasteiger partial charge in [0.15, 0.2) is 0 Å². The molecule has 2 heterocycles. The molecule has 3 heteroatoms. The third-order valence-electron chi connectivity index (χ3n) is 3.58. The van der Waals surface area contributed by atoms with Crippen LogP contribution in [0.3, 0.4) is 0 Å². The van der Waals surface area contributed by atoms with Crippen LogP contribution in [0, 0.1) is 6.92 Å². The van der Waals surface area contributed by atoms with E-state index >= 15 is 0 Å². The Morgan fingerprint density at radius 3 is 2.52 bits per heavy atom. The van der Waals surface area contributed by atoms with Crippen molar-refractivity contribution in [2.24, 2.45) is 0 Å². The summed E-state index contributed by atoms with van der Waals surface area (Å²) in [4.78, 5) is 12.2. The molecule has 0 bridgehead atoms. The summed E-state index contributed by atoms with van der Waals surface area (Å²) in [5.41, 5.74) is 2.54. The van der Waals surface area contributed by atoms with Crippen molar-refractivity contribution in [2.75, 3.05) is 0 Å². The molecule has 0 atom stereocenters. The molecule has 2 aromatic carbocycles. The molecule has 0 aliphatic heterocycles. The Labute approximate surface area is 120 Å². The molecule has 0 fully saturated rings. The molecule has 4 rings (SSSR count). The minimum Gasteiger partial charge on any atom is -0.456 e. The van der Waals surface area contributed by atoms with Crippen LogP contribution in [0.15, 0.2) is 68.2 Å². The van der Waals surface area contributed by atoms with Gasteiger partial charge in [-0.25, -0.2) is 4.79 Å². The van der Waals surface area contributed by atoms with Crippen LogP contribution in [0.5, 0.6) is 0 Å². The minimum absolute atomic E-state index is 0.385. The van der Waals surface area contributed by atoms with E-state index in [1.165, 1.54) is 0 Å². The van der Waals surface area contributed by atoms with Crippen LogP contribution >= 0.6 is 0 Å². The molecule has 102 valence electrons. The topological polar surface area (TPSA) is 43.4 Å². The smallest absolute Gasteiger partial charge is 0.347 e. The summed E-state index contributed by atoms with van der Waals surface area (Å²) in [6.07, 6.45) is 0. The van der Waals surface area contributed by atoms with Gasteiger partial charge in [-0.15, -0.1) is 0 Å². The van der Waals surface area contributed by atoms with Gasteiger partial charge >= 0.3 is 5.63 Å². The molecule has 21 heavy (non-hydrogen) atoms. The first-order valence-corrected chi connectivity index (χ1v) is 6.74. The highest BCUT2D eigenvalue weighted by Gasteiger charge is 2.12. The second-order valence-electron chi connectivity index (χ2n) is 5.14. The van der Waals surface area contributed by atoms with E-state index in [0.29, 0.717) is 16.9 Å². The maximum Gasteiger partial charge on any atom is 0.347 e. The fourth-order valence-corrected chi connectivity index (χ4v) is 2.50. The Morgan fingerprint density at radius 2 is 1.62 bits per heavy atom. The fraction of sp³-hybridized carbons (Fsp3) is 0.0556. The van der Waals surface area contributed by atoms with Crippen LogP contribution in [0.4, 0.5) is 0 Å². The van der Waals surface area contributed by atoms with Gasteiger partial charge in [-0.3, -0.25) is 0 Å². The van der Waals surface area contributed by atoms with E-state index in [-0.39, 0.29) is 5.63 Å². The number of rotatable bonds is 1. The van der Waals surface area contributed by atoms with Crippen LogP contribution < -0.4 is 5.63 Å². The molecule has 0 aliphatic carbocycles. The number of para-hydroxylation sites is 1. The Morgan fingerprint density at radius 1 is 0.810 bits per heavy atom. The largest absolute Gasteiger partial charge is 0.456 e. The Hall–Kier alpha value is -2.81. The predicted octanol–water partition coefficient (Wildman–Crippen LogP) is 4.51. The Balaban J connectivity index is 1.99.